The third-order valence-electron chi connectivity index (χ3n) is 4.48. The zero-order chi connectivity index (χ0) is 20.8. The van der Waals surface area contributed by atoms with Gasteiger partial charge in [-0.05, 0) is 54.4 Å². The summed E-state index contributed by atoms with van der Waals surface area (Å²) in [6, 6.07) is 18.4. The number of benzene rings is 2. The van der Waals surface area contributed by atoms with Gasteiger partial charge in [-0.1, -0.05) is 25.1 Å². The van der Waals surface area contributed by atoms with Crippen molar-refractivity contribution in [3.63, 3.8) is 0 Å². The standard InChI is InChI=1S/C23H24N4O2/c1-4-16-7-5-6-8-20(16)26-22(28)17-9-12-19(13-10-17)25-21-14-11-18(15-24-21)23(29)27(2)3/h5-15H,4H2,1-3H3,(H,24,25)(H,26,28). The smallest absolute Gasteiger partial charge is 0.255 e. The molecule has 0 radical (unpaired) electrons. The van der Waals surface area contributed by atoms with Gasteiger partial charge in [0.05, 0.1) is 5.56 Å². The molecule has 0 aliphatic heterocycles. The summed E-state index contributed by atoms with van der Waals surface area (Å²) in [7, 11) is 3.40. The van der Waals surface area contributed by atoms with Crippen LogP contribution in [0.15, 0.2) is 66.9 Å². The quantitative estimate of drug-likeness (QED) is 0.659. The molecule has 2 N–H and O–H groups in total. The summed E-state index contributed by atoms with van der Waals surface area (Å²) in [6.45, 7) is 2.06. The number of rotatable bonds is 6. The molecule has 6 heteroatoms. The number of carbonyl (C=O) groups excluding carboxylic acids is 2. The molecule has 3 aromatic rings. The van der Waals surface area contributed by atoms with E-state index < -0.39 is 0 Å². The molecular formula is C23H24N4O2. The monoisotopic (exact) mass is 388 g/mol. The summed E-state index contributed by atoms with van der Waals surface area (Å²) in [4.78, 5) is 30.2. The van der Waals surface area contributed by atoms with Gasteiger partial charge in [-0.3, -0.25) is 9.59 Å². The highest BCUT2D eigenvalue weighted by atomic mass is 16.2. The molecule has 0 atom stereocenters. The normalized spacial score (nSPS) is 10.3. The van der Waals surface area contributed by atoms with Gasteiger partial charge in [0.15, 0.2) is 0 Å². The maximum absolute atomic E-state index is 12.5. The number of amides is 2. The molecular weight excluding hydrogens is 364 g/mol. The van der Waals surface area contributed by atoms with E-state index in [0.717, 1.165) is 23.4 Å². The average Bonchev–Trinajstić information content (AvgIpc) is 2.74. The molecule has 29 heavy (non-hydrogen) atoms. The third-order valence-corrected chi connectivity index (χ3v) is 4.48. The molecule has 6 nitrogen and oxygen atoms in total. The molecule has 1 aromatic heterocycles. The SMILES string of the molecule is CCc1ccccc1NC(=O)c1ccc(Nc2ccc(C(=O)N(C)C)cn2)cc1. The molecule has 0 aliphatic carbocycles. The Morgan fingerprint density at radius 3 is 2.24 bits per heavy atom. The van der Waals surface area contributed by atoms with Gasteiger partial charge in [-0.15, -0.1) is 0 Å². The molecule has 148 valence electrons. The van der Waals surface area contributed by atoms with Crippen molar-refractivity contribution >= 4 is 29.0 Å². The topological polar surface area (TPSA) is 74.3 Å². The number of hydrogen-bond acceptors (Lipinski definition) is 4. The van der Waals surface area contributed by atoms with Crippen molar-refractivity contribution in [1.29, 1.82) is 0 Å². The van der Waals surface area contributed by atoms with E-state index in [1.807, 2.05) is 36.4 Å². The van der Waals surface area contributed by atoms with E-state index in [1.54, 1.807) is 38.4 Å². The lowest BCUT2D eigenvalue weighted by Gasteiger charge is -2.11. The molecule has 0 spiro atoms. The maximum Gasteiger partial charge on any atom is 0.255 e. The lowest BCUT2D eigenvalue weighted by Crippen LogP contribution is -2.21. The number of pyridine rings is 1. The Kier molecular flexibility index (Phi) is 6.24. The van der Waals surface area contributed by atoms with Gasteiger partial charge in [0, 0.05) is 37.2 Å². The lowest BCUT2D eigenvalue weighted by atomic mass is 10.1. The van der Waals surface area contributed by atoms with Crippen LogP contribution in [-0.2, 0) is 6.42 Å². The Labute approximate surface area is 170 Å². The first-order chi connectivity index (χ1) is 14.0. The number of nitrogens with zero attached hydrogens (tertiary/aromatic N) is 2. The van der Waals surface area contributed by atoms with E-state index in [9.17, 15) is 9.59 Å². The zero-order valence-electron chi connectivity index (χ0n) is 16.8. The Morgan fingerprint density at radius 2 is 1.62 bits per heavy atom. The minimum atomic E-state index is -0.151. The summed E-state index contributed by atoms with van der Waals surface area (Å²) in [6.07, 6.45) is 2.39. The fourth-order valence-corrected chi connectivity index (χ4v) is 2.85. The second-order valence-electron chi connectivity index (χ2n) is 6.80. The van der Waals surface area contributed by atoms with Crippen LogP contribution in [0.25, 0.3) is 0 Å². The van der Waals surface area contributed by atoms with Crippen molar-refractivity contribution in [2.75, 3.05) is 24.7 Å². The molecule has 0 aliphatic rings. The van der Waals surface area contributed by atoms with Crippen LogP contribution in [0.4, 0.5) is 17.2 Å². The number of para-hydroxylation sites is 1. The van der Waals surface area contributed by atoms with Gasteiger partial charge in [0.2, 0.25) is 0 Å². The van der Waals surface area contributed by atoms with Crippen LogP contribution in [-0.4, -0.2) is 35.8 Å². The summed E-state index contributed by atoms with van der Waals surface area (Å²) < 4.78 is 0. The van der Waals surface area contributed by atoms with Crippen molar-refractivity contribution in [3.8, 4) is 0 Å². The summed E-state index contributed by atoms with van der Waals surface area (Å²) in [5.41, 5.74) is 3.83. The van der Waals surface area contributed by atoms with Crippen LogP contribution in [0.1, 0.15) is 33.2 Å². The number of aromatic nitrogens is 1. The molecule has 0 bridgehead atoms. The van der Waals surface area contributed by atoms with Crippen molar-refractivity contribution < 1.29 is 9.59 Å². The second kappa shape index (κ2) is 9.01. The van der Waals surface area contributed by atoms with Gasteiger partial charge in [0.1, 0.15) is 5.82 Å². The van der Waals surface area contributed by atoms with Crippen molar-refractivity contribution in [1.82, 2.24) is 9.88 Å². The predicted octanol–water partition coefficient (Wildman–Crippen LogP) is 4.34. The van der Waals surface area contributed by atoms with E-state index in [1.165, 1.54) is 11.1 Å². The van der Waals surface area contributed by atoms with Gasteiger partial charge >= 0.3 is 0 Å². The van der Waals surface area contributed by atoms with Crippen LogP contribution in [0.3, 0.4) is 0 Å². The number of aryl methyl sites for hydroxylation is 1. The molecule has 2 amide bonds. The number of anilines is 3. The fourth-order valence-electron chi connectivity index (χ4n) is 2.85. The molecule has 0 saturated heterocycles. The third kappa shape index (κ3) is 4.99. The lowest BCUT2D eigenvalue weighted by molar-refractivity contribution is 0.0827. The minimum absolute atomic E-state index is 0.0935. The summed E-state index contributed by atoms with van der Waals surface area (Å²) in [5.74, 6) is 0.376. The van der Waals surface area contributed by atoms with Crippen molar-refractivity contribution in [2.24, 2.45) is 0 Å². The number of carbonyl (C=O) groups is 2. The van der Waals surface area contributed by atoms with Gasteiger partial charge in [-0.2, -0.15) is 0 Å². The molecule has 0 saturated carbocycles. The maximum atomic E-state index is 12.5. The fraction of sp³-hybridized carbons (Fsp3) is 0.174. The van der Waals surface area contributed by atoms with Crippen LogP contribution < -0.4 is 10.6 Å². The Morgan fingerprint density at radius 1 is 0.931 bits per heavy atom. The largest absolute Gasteiger partial charge is 0.345 e. The van der Waals surface area contributed by atoms with Crippen LogP contribution in [0.2, 0.25) is 0 Å². The molecule has 0 fully saturated rings. The van der Waals surface area contributed by atoms with Crippen LogP contribution >= 0.6 is 0 Å². The highest BCUT2D eigenvalue weighted by molar-refractivity contribution is 6.04. The molecule has 3 rings (SSSR count). The first kappa shape index (κ1) is 20.1. The van der Waals surface area contributed by atoms with Crippen molar-refractivity contribution in [2.45, 2.75) is 13.3 Å². The molecule has 2 aromatic carbocycles. The average molecular weight is 388 g/mol. The summed E-state index contributed by atoms with van der Waals surface area (Å²) >= 11 is 0. The van der Waals surface area contributed by atoms with Gasteiger partial charge in [-0.25, -0.2) is 4.98 Å². The second-order valence-corrected chi connectivity index (χ2v) is 6.80. The number of hydrogen-bond donors (Lipinski definition) is 2. The highest BCUT2D eigenvalue weighted by Gasteiger charge is 2.10. The van der Waals surface area contributed by atoms with Crippen LogP contribution in [0, 0.1) is 0 Å². The van der Waals surface area contributed by atoms with Crippen LogP contribution in [0.5, 0.6) is 0 Å². The van der Waals surface area contributed by atoms with E-state index in [2.05, 4.69) is 22.5 Å². The first-order valence-electron chi connectivity index (χ1n) is 9.42. The summed E-state index contributed by atoms with van der Waals surface area (Å²) in [5, 5.41) is 6.13. The van der Waals surface area contributed by atoms with Crippen molar-refractivity contribution in [3.05, 3.63) is 83.6 Å². The highest BCUT2D eigenvalue weighted by Crippen LogP contribution is 2.19. The van der Waals surface area contributed by atoms with Gasteiger partial charge < -0.3 is 15.5 Å². The molecule has 0 unspecified atom stereocenters. The van der Waals surface area contributed by atoms with Gasteiger partial charge in [0.25, 0.3) is 11.8 Å². The van der Waals surface area contributed by atoms with E-state index >= 15 is 0 Å². The minimum Gasteiger partial charge on any atom is -0.345 e. The van der Waals surface area contributed by atoms with E-state index in [-0.39, 0.29) is 11.8 Å². The number of nitrogens with one attached hydrogen (secondary N) is 2. The molecule has 1 heterocycles. The zero-order valence-corrected chi connectivity index (χ0v) is 16.8. The van der Waals surface area contributed by atoms with E-state index in [4.69, 9.17) is 0 Å². The Hall–Kier alpha value is -3.67. The predicted molar refractivity (Wildman–Crippen MR) is 116 cm³/mol. The Balaban J connectivity index is 1.65. The Bertz CT molecular complexity index is 996. The first-order valence-corrected chi connectivity index (χ1v) is 9.42. The van der Waals surface area contributed by atoms with E-state index in [0.29, 0.717) is 16.9 Å².